The third kappa shape index (κ3) is 10.3. The molecule has 1 saturated heterocycles. The zero-order chi connectivity index (χ0) is 35.9. The van der Waals surface area contributed by atoms with Gasteiger partial charge in [0.1, 0.15) is 24.0 Å². The molecule has 2 atom stereocenters. The van der Waals surface area contributed by atoms with Crippen molar-refractivity contribution in [3.05, 3.63) is 71.9 Å². The van der Waals surface area contributed by atoms with Gasteiger partial charge >= 0.3 is 17.9 Å². The number of aromatic nitrogens is 2. The Labute approximate surface area is 287 Å². The zero-order valence-corrected chi connectivity index (χ0v) is 29.4. The highest BCUT2D eigenvalue weighted by Crippen LogP contribution is 2.27. The Balaban J connectivity index is 1.51. The van der Waals surface area contributed by atoms with Gasteiger partial charge in [-0.25, -0.2) is 9.18 Å². The van der Waals surface area contributed by atoms with Crippen LogP contribution in [0.2, 0.25) is 0 Å². The predicted molar refractivity (Wildman–Crippen MR) is 181 cm³/mol. The number of halogens is 1. The molecule has 0 aliphatic carbocycles. The number of rotatable bonds is 11. The first-order valence-electron chi connectivity index (χ1n) is 16.5. The third-order valence-corrected chi connectivity index (χ3v) is 8.10. The lowest BCUT2D eigenvalue weighted by Crippen LogP contribution is -2.58. The molecule has 0 radical (unpaired) electrons. The van der Waals surface area contributed by atoms with Crippen LogP contribution < -0.4 is 5.32 Å². The Morgan fingerprint density at radius 3 is 2.33 bits per heavy atom. The largest absolute Gasteiger partial charge is 0.444 e. The monoisotopic (exact) mass is 678 g/mol. The molecule has 2 heterocycles. The van der Waals surface area contributed by atoms with Crippen molar-refractivity contribution >= 4 is 23.8 Å². The summed E-state index contributed by atoms with van der Waals surface area (Å²) >= 11 is 0. The maximum absolute atomic E-state index is 14.2. The number of carbonyl (C=O) groups excluding carboxylic acids is 4. The molecule has 1 fully saturated rings. The van der Waals surface area contributed by atoms with Gasteiger partial charge in [-0.2, -0.15) is 0 Å². The number of hydrogen-bond acceptors (Lipinski definition) is 8. The van der Waals surface area contributed by atoms with Gasteiger partial charge in [0, 0.05) is 38.3 Å². The lowest BCUT2D eigenvalue weighted by molar-refractivity contribution is -0.140. The van der Waals surface area contributed by atoms with E-state index in [0.29, 0.717) is 31.4 Å². The van der Waals surface area contributed by atoms with Crippen LogP contribution in [0.25, 0.3) is 11.5 Å². The van der Waals surface area contributed by atoms with E-state index in [2.05, 4.69) is 15.5 Å². The highest BCUT2D eigenvalue weighted by Gasteiger charge is 2.41. The summed E-state index contributed by atoms with van der Waals surface area (Å²) in [6.07, 6.45) is 1.13. The molecule has 49 heavy (non-hydrogen) atoms. The summed E-state index contributed by atoms with van der Waals surface area (Å²) in [4.78, 5) is 58.1. The van der Waals surface area contributed by atoms with Crippen LogP contribution in [-0.2, 0) is 20.7 Å². The van der Waals surface area contributed by atoms with Gasteiger partial charge in [0.25, 0.3) is 0 Å². The molecule has 3 aromatic rings. The molecule has 1 aliphatic rings. The molecular weight excluding hydrogens is 631 g/mol. The number of nitrogens with one attached hydrogen (secondary N) is 1. The Hall–Kier alpha value is -4.81. The average Bonchev–Trinajstić information content (AvgIpc) is 3.71. The van der Waals surface area contributed by atoms with Crippen LogP contribution in [0.4, 0.5) is 9.18 Å². The molecule has 12 nitrogen and oxygen atoms in total. The highest BCUT2D eigenvalue weighted by atomic mass is 19.1. The predicted octanol–water partition coefficient (Wildman–Crippen LogP) is 4.95. The van der Waals surface area contributed by atoms with Crippen molar-refractivity contribution < 1.29 is 32.7 Å². The summed E-state index contributed by atoms with van der Waals surface area (Å²) in [6.45, 7) is 11.4. The van der Waals surface area contributed by atoms with Crippen molar-refractivity contribution in [2.24, 2.45) is 5.41 Å². The van der Waals surface area contributed by atoms with Gasteiger partial charge in [0.2, 0.25) is 17.7 Å². The number of likely N-dealkylation sites (tertiary alicyclic amines) is 1. The summed E-state index contributed by atoms with van der Waals surface area (Å²) in [5.41, 5.74) is 0.117. The van der Waals surface area contributed by atoms with E-state index in [1.165, 1.54) is 19.2 Å². The third-order valence-electron chi connectivity index (χ3n) is 8.10. The number of amides is 4. The van der Waals surface area contributed by atoms with Crippen molar-refractivity contribution in [3.8, 4) is 11.5 Å². The smallest absolute Gasteiger partial charge is 0.410 e. The van der Waals surface area contributed by atoms with E-state index in [9.17, 15) is 23.6 Å². The molecule has 1 aliphatic heterocycles. The summed E-state index contributed by atoms with van der Waals surface area (Å²) in [5.74, 6) is -1.59. The van der Waals surface area contributed by atoms with Crippen molar-refractivity contribution in [1.82, 2.24) is 30.2 Å². The minimum atomic E-state index is -0.902. The van der Waals surface area contributed by atoms with Crippen molar-refractivity contribution in [1.29, 1.82) is 0 Å². The maximum atomic E-state index is 14.2. The van der Waals surface area contributed by atoms with Gasteiger partial charge in [-0.05, 0) is 75.3 Å². The topological polar surface area (TPSA) is 138 Å². The number of carbonyl (C=O) groups is 4. The minimum absolute atomic E-state index is 0.178. The van der Waals surface area contributed by atoms with Crippen LogP contribution in [0, 0.1) is 11.2 Å². The van der Waals surface area contributed by atoms with Crippen LogP contribution in [0.15, 0.2) is 59.0 Å². The number of nitrogens with zero attached hydrogens (tertiary/aromatic N) is 5. The van der Waals surface area contributed by atoms with Gasteiger partial charge in [-0.3, -0.25) is 14.4 Å². The number of likely N-dealkylation sites (N-methyl/N-ethyl adjacent to an activating group) is 1. The fraction of sp³-hybridized carbons (Fsp3) is 0.500. The molecular formula is C36H47FN6O6. The first-order chi connectivity index (χ1) is 23.0. The summed E-state index contributed by atoms with van der Waals surface area (Å²) in [5, 5.41) is 11.0. The second kappa shape index (κ2) is 15.6. The van der Waals surface area contributed by atoms with Crippen LogP contribution in [0.5, 0.6) is 0 Å². The SMILES string of the molecule is CN(CC(=O)N[C@H](C(=O)N1CCC[C@H]1CN(CCc1ccc(F)cc1)C(=O)c1nnc(-c2ccccc2)o1)C(C)(C)C)C(=O)OC(C)(C)C. The van der Waals surface area contributed by atoms with E-state index in [1.54, 1.807) is 54.8 Å². The molecule has 264 valence electrons. The lowest BCUT2D eigenvalue weighted by Gasteiger charge is -2.37. The molecule has 2 aromatic carbocycles. The Bertz CT molecular complexity index is 1600. The molecule has 0 spiro atoms. The first-order valence-corrected chi connectivity index (χ1v) is 16.5. The number of ether oxygens (including phenoxy) is 1. The van der Waals surface area contributed by atoms with Crippen LogP contribution >= 0.6 is 0 Å². The Morgan fingerprint density at radius 1 is 1.02 bits per heavy atom. The fourth-order valence-electron chi connectivity index (χ4n) is 5.54. The molecule has 13 heteroatoms. The summed E-state index contributed by atoms with van der Waals surface area (Å²) in [7, 11) is 1.46. The molecule has 0 bridgehead atoms. The van der Waals surface area contributed by atoms with E-state index in [-0.39, 0.29) is 49.2 Å². The maximum Gasteiger partial charge on any atom is 0.410 e. The molecule has 4 rings (SSSR count). The molecule has 1 N–H and O–H groups in total. The highest BCUT2D eigenvalue weighted by molar-refractivity contribution is 5.91. The number of benzene rings is 2. The Kier molecular flexibility index (Phi) is 11.8. The fourth-order valence-corrected chi connectivity index (χ4v) is 5.54. The second-order valence-electron chi connectivity index (χ2n) is 14.4. The zero-order valence-electron chi connectivity index (χ0n) is 29.4. The van der Waals surface area contributed by atoms with Crippen molar-refractivity contribution in [2.75, 3.05) is 33.2 Å². The van der Waals surface area contributed by atoms with E-state index < -0.39 is 35.0 Å². The molecule has 0 saturated carbocycles. The van der Waals surface area contributed by atoms with E-state index in [4.69, 9.17) is 9.15 Å². The van der Waals surface area contributed by atoms with Gasteiger partial charge in [-0.15, -0.1) is 10.2 Å². The standard InChI is InChI=1S/C36H47FN6O6/c1-35(2,3)29(38-28(44)23-41(7)34(47)49-36(4,5)6)32(45)43-20-11-14-27(43)22-42(21-19-24-15-17-26(37)18-16-24)33(46)31-40-39-30(48-31)25-12-9-8-10-13-25/h8-10,12-13,15-18,27,29H,11,14,19-23H2,1-7H3,(H,38,44)/t27-,29+/m0/s1. The number of hydrogen-bond donors (Lipinski definition) is 1. The quantitative estimate of drug-likeness (QED) is 0.301. The first kappa shape index (κ1) is 37.0. The van der Waals surface area contributed by atoms with Crippen LogP contribution in [0.3, 0.4) is 0 Å². The normalized spacial score (nSPS) is 15.4. The van der Waals surface area contributed by atoms with E-state index in [0.717, 1.165) is 10.5 Å². The van der Waals surface area contributed by atoms with E-state index in [1.807, 2.05) is 39.0 Å². The van der Waals surface area contributed by atoms with Crippen LogP contribution in [0.1, 0.15) is 70.6 Å². The summed E-state index contributed by atoms with van der Waals surface area (Å²) < 4.78 is 24.7. The Morgan fingerprint density at radius 2 is 1.69 bits per heavy atom. The van der Waals surface area contributed by atoms with Gasteiger partial charge in [0.05, 0.1) is 0 Å². The van der Waals surface area contributed by atoms with Gasteiger partial charge < -0.3 is 29.2 Å². The summed E-state index contributed by atoms with van der Waals surface area (Å²) in [6, 6.07) is 13.9. The van der Waals surface area contributed by atoms with Gasteiger partial charge in [0.15, 0.2) is 0 Å². The van der Waals surface area contributed by atoms with Crippen molar-refractivity contribution in [2.45, 2.75) is 78.5 Å². The second-order valence-corrected chi connectivity index (χ2v) is 14.4. The molecule has 0 unspecified atom stereocenters. The minimum Gasteiger partial charge on any atom is -0.444 e. The lowest BCUT2D eigenvalue weighted by atomic mass is 9.85. The molecule has 4 amide bonds. The average molecular weight is 679 g/mol. The molecule has 1 aromatic heterocycles. The van der Waals surface area contributed by atoms with Crippen LogP contribution in [-0.4, -0.2) is 99.6 Å². The van der Waals surface area contributed by atoms with E-state index >= 15 is 0 Å². The van der Waals surface area contributed by atoms with Gasteiger partial charge in [-0.1, -0.05) is 51.1 Å². The van der Waals surface area contributed by atoms with Crippen molar-refractivity contribution in [3.63, 3.8) is 0 Å².